The molecule has 1 N–H and O–H groups in total. The number of hydrogen-bond donors (Lipinski definition) is 1. The molecule has 0 saturated carbocycles. The Morgan fingerprint density at radius 2 is 2.15 bits per heavy atom. The van der Waals surface area contributed by atoms with Crippen molar-refractivity contribution >= 4 is 28.2 Å². The first-order valence-corrected chi connectivity index (χ1v) is 7.12. The third-order valence-electron chi connectivity index (χ3n) is 3.97. The van der Waals surface area contributed by atoms with Gasteiger partial charge < -0.3 is 9.88 Å². The third kappa shape index (κ3) is 1.86. The Labute approximate surface area is 122 Å². The zero-order valence-electron chi connectivity index (χ0n) is 10.9. The maximum atomic E-state index is 6.24. The summed E-state index contributed by atoms with van der Waals surface area (Å²) in [6.07, 6.45) is 6.84. The third-order valence-corrected chi connectivity index (χ3v) is 4.19. The van der Waals surface area contributed by atoms with Crippen LogP contribution < -0.4 is 4.90 Å². The molecule has 4 heteroatoms. The fourth-order valence-electron chi connectivity index (χ4n) is 2.96. The Bertz CT molecular complexity index is 778. The summed E-state index contributed by atoms with van der Waals surface area (Å²) in [6.45, 7) is 1.91. The quantitative estimate of drug-likeness (QED) is 0.737. The van der Waals surface area contributed by atoms with Gasteiger partial charge in [0.15, 0.2) is 0 Å². The van der Waals surface area contributed by atoms with Gasteiger partial charge in [0, 0.05) is 53.3 Å². The summed E-state index contributed by atoms with van der Waals surface area (Å²) in [7, 11) is 0. The van der Waals surface area contributed by atoms with Crippen molar-refractivity contribution in [3.63, 3.8) is 0 Å². The number of halogens is 1. The van der Waals surface area contributed by atoms with E-state index in [1.54, 1.807) is 0 Å². The van der Waals surface area contributed by atoms with Gasteiger partial charge in [-0.1, -0.05) is 11.6 Å². The second kappa shape index (κ2) is 4.53. The van der Waals surface area contributed by atoms with Crippen LogP contribution in [0.25, 0.3) is 10.9 Å². The summed E-state index contributed by atoms with van der Waals surface area (Å²) < 4.78 is 0. The summed E-state index contributed by atoms with van der Waals surface area (Å²) in [4.78, 5) is 9.84. The van der Waals surface area contributed by atoms with Crippen LogP contribution in [0.3, 0.4) is 0 Å². The first-order chi connectivity index (χ1) is 9.81. The molecule has 0 unspecified atom stereocenters. The molecule has 2 aromatic heterocycles. The number of nitrogens with one attached hydrogen (secondary N) is 1. The Morgan fingerprint density at radius 3 is 3.10 bits per heavy atom. The number of pyridine rings is 1. The Kier molecular flexibility index (Phi) is 2.67. The zero-order chi connectivity index (χ0) is 13.5. The lowest BCUT2D eigenvalue weighted by molar-refractivity contribution is 0.730. The maximum absolute atomic E-state index is 6.24. The van der Waals surface area contributed by atoms with Crippen molar-refractivity contribution in [3.8, 4) is 0 Å². The Balaban J connectivity index is 1.79. The minimum Gasteiger partial charge on any atom is -0.366 e. The van der Waals surface area contributed by atoms with E-state index in [1.807, 2.05) is 24.7 Å². The van der Waals surface area contributed by atoms with Crippen molar-refractivity contribution < 1.29 is 0 Å². The van der Waals surface area contributed by atoms with E-state index in [0.717, 1.165) is 30.0 Å². The highest BCUT2D eigenvalue weighted by Gasteiger charge is 2.18. The van der Waals surface area contributed by atoms with Crippen molar-refractivity contribution in [3.05, 3.63) is 59.0 Å². The summed E-state index contributed by atoms with van der Waals surface area (Å²) in [6, 6.07) is 8.26. The molecule has 0 atom stereocenters. The van der Waals surface area contributed by atoms with E-state index in [2.05, 4.69) is 33.1 Å². The molecule has 100 valence electrons. The highest BCUT2D eigenvalue weighted by atomic mass is 35.5. The van der Waals surface area contributed by atoms with Gasteiger partial charge in [-0.25, -0.2) is 0 Å². The summed E-state index contributed by atoms with van der Waals surface area (Å²) >= 11 is 6.24. The van der Waals surface area contributed by atoms with Gasteiger partial charge in [-0.15, -0.1) is 0 Å². The number of H-pyrrole nitrogens is 1. The molecule has 0 bridgehead atoms. The van der Waals surface area contributed by atoms with Crippen LogP contribution in [0.4, 0.5) is 5.69 Å². The molecule has 0 amide bonds. The maximum Gasteiger partial charge on any atom is 0.0489 e. The molecule has 20 heavy (non-hydrogen) atoms. The van der Waals surface area contributed by atoms with Gasteiger partial charge in [0.25, 0.3) is 0 Å². The second-order valence-corrected chi connectivity index (χ2v) is 5.62. The minimum atomic E-state index is 0.774. The average molecular weight is 284 g/mol. The van der Waals surface area contributed by atoms with Crippen molar-refractivity contribution in [2.45, 2.75) is 13.0 Å². The molecule has 3 nitrogen and oxygen atoms in total. The van der Waals surface area contributed by atoms with Gasteiger partial charge in [-0.05, 0) is 41.8 Å². The van der Waals surface area contributed by atoms with Crippen molar-refractivity contribution in [2.24, 2.45) is 0 Å². The monoisotopic (exact) mass is 283 g/mol. The molecule has 4 rings (SSSR count). The number of anilines is 1. The molecule has 1 aliphatic rings. The smallest absolute Gasteiger partial charge is 0.0489 e. The van der Waals surface area contributed by atoms with Crippen LogP contribution in [0.15, 0.2) is 42.9 Å². The molecule has 0 radical (unpaired) electrons. The van der Waals surface area contributed by atoms with E-state index in [1.165, 1.54) is 22.2 Å². The number of nitrogens with zero attached hydrogens (tertiary/aromatic N) is 2. The van der Waals surface area contributed by atoms with Crippen LogP contribution in [-0.4, -0.2) is 16.5 Å². The van der Waals surface area contributed by atoms with Crippen molar-refractivity contribution in [1.29, 1.82) is 0 Å². The number of rotatable bonds is 1. The van der Waals surface area contributed by atoms with E-state index in [4.69, 9.17) is 11.6 Å². The first-order valence-electron chi connectivity index (χ1n) is 6.74. The molecular weight excluding hydrogens is 270 g/mol. The molecule has 1 aromatic carbocycles. The van der Waals surface area contributed by atoms with Gasteiger partial charge in [0.2, 0.25) is 0 Å². The second-order valence-electron chi connectivity index (χ2n) is 5.18. The zero-order valence-corrected chi connectivity index (χ0v) is 11.7. The Morgan fingerprint density at radius 1 is 1.20 bits per heavy atom. The summed E-state index contributed by atoms with van der Waals surface area (Å²) in [5, 5.41) is 2.00. The highest BCUT2D eigenvalue weighted by Crippen LogP contribution is 2.33. The first kappa shape index (κ1) is 11.8. The number of aromatic nitrogens is 2. The van der Waals surface area contributed by atoms with Gasteiger partial charge >= 0.3 is 0 Å². The largest absolute Gasteiger partial charge is 0.366 e. The predicted molar refractivity (Wildman–Crippen MR) is 82.3 cm³/mol. The molecule has 0 aliphatic carbocycles. The van der Waals surface area contributed by atoms with E-state index in [9.17, 15) is 0 Å². The number of fused-ring (bicyclic) bond motifs is 2. The van der Waals surface area contributed by atoms with Gasteiger partial charge in [0.1, 0.15) is 0 Å². The fourth-order valence-corrected chi connectivity index (χ4v) is 3.17. The molecule has 1 aliphatic heterocycles. The topological polar surface area (TPSA) is 31.9 Å². The standard InChI is InChI=1S/C16H14ClN3/c17-13-7-15-14(2-5-19-15)16(8-13)20-6-3-11-9-18-4-1-12(11)10-20/h1-2,4-5,7-9,19H,3,6,10H2. The van der Waals surface area contributed by atoms with E-state index in [0.29, 0.717) is 0 Å². The van der Waals surface area contributed by atoms with Gasteiger partial charge in [0.05, 0.1) is 0 Å². The van der Waals surface area contributed by atoms with Gasteiger partial charge in [-0.2, -0.15) is 0 Å². The van der Waals surface area contributed by atoms with Crippen molar-refractivity contribution in [1.82, 2.24) is 9.97 Å². The number of hydrogen-bond acceptors (Lipinski definition) is 2. The SMILES string of the molecule is Clc1cc(N2CCc3cnccc3C2)c2cc[nH]c2c1. The molecule has 0 saturated heterocycles. The fraction of sp³-hybridized carbons (Fsp3) is 0.188. The van der Waals surface area contributed by atoms with Crippen LogP contribution in [-0.2, 0) is 13.0 Å². The number of aromatic amines is 1. The van der Waals surface area contributed by atoms with Crippen LogP contribution in [0.1, 0.15) is 11.1 Å². The molecule has 3 heterocycles. The lowest BCUT2D eigenvalue weighted by Crippen LogP contribution is -2.30. The highest BCUT2D eigenvalue weighted by molar-refractivity contribution is 6.31. The van der Waals surface area contributed by atoms with Crippen molar-refractivity contribution in [2.75, 3.05) is 11.4 Å². The summed E-state index contributed by atoms with van der Waals surface area (Å²) in [5.74, 6) is 0. The van der Waals surface area contributed by atoms with Crippen LogP contribution in [0, 0.1) is 0 Å². The number of benzene rings is 1. The van der Waals surface area contributed by atoms with E-state index in [-0.39, 0.29) is 0 Å². The van der Waals surface area contributed by atoms with Crippen LogP contribution in [0.2, 0.25) is 5.02 Å². The van der Waals surface area contributed by atoms with E-state index >= 15 is 0 Å². The normalized spacial score (nSPS) is 14.6. The van der Waals surface area contributed by atoms with Crippen LogP contribution >= 0.6 is 11.6 Å². The molecule has 3 aromatic rings. The lowest BCUT2D eigenvalue weighted by Gasteiger charge is -2.31. The lowest BCUT2D eigenvalue weighted by atomic mass is 10.0. The molecule has 0 fully saturated rings. The molecular formula is C16H14ClN3. The van der Waals surface area contributed by atoms with E-state index < -0.39 is 0 Å². The summed E-state index contributed by atoms with van der Waals surface area (Å²) in [5.41, 5.74) is 5.01. The molecule has 0 spiro atoms. The minimum absolute atomic E-state index is 0.774. The Hall–Kier alpha value is -2.00. The average Bonchev–Trinajstić information content (AvgIpc) is 2.94. The van der Waals surface area contributed by atoms with Gasteiger partial charge in [-0.3, -0.25) is 4.98 Å². The predicted octanol–water partition coefficient (Wildman–Crippen LogP) is 3.78. The van der Waals surface area contributed by atoms with Crippen LogP contribution in [0.5, 0.6) is 0 Å².